The molecule has 0 aromatic heterocycles. The first-order chi connectivity index (χ1) is 8.30. The molecule has 0 spiro atoms. The SMILES string of the molecule is CCC(C)(NC(=O)c1ccc(C)c(Br)c1)C(=O)O. The molecule has 0 saturated carbocycles. The minimum atomic E-state index is -1.24. The molecule has 1 aromatic rings. The Hall–Kier alpha value is -1.36. The third-order valence-electron chi connectivity index (χ3n) is 3.00. The van der Waals surface area contributed by atoms with E-state index in [1.165, 1.54) is 6.92 Å². The fourth-order valence-electron chi connectivity index (χ4n) is 1.35. The van der Waals surface area contributed by atoms with Gasteiger partial charge in [-0.25, -0.2) is 4.79 Å². The molecule has 0 aliphatic heterocycles. The van der Waals surface area contributed by atoms with Crippen LogP contribution in [0.1, 0.15) is 36.2 Å². The van der Waals surface area contributed by atoms with E-state index in [1.54, 1.807) is 19.1 Å². The molecule has 1 atom stereocenters. The van der Waals surface area contributed by atoms with E-state index in [4.69, 9.17) is 5.11 Å². The number of halogens is 1. The Bertz CT molecular complexity index is 487. The number of hydrogen-bond acceptors (Lipinski definition) is 2. The Morgan fingerprint density at radius 1 is 1.44 bits per heavy atom. The van der Waals surface area contributed by atoms with Crippen LogP contribution in [0.5, 0.6) is 0 Å². The number of amides is 1. The third-order valence-corrected chi connectivity index (χ3v) is 3.86. The zero-order valence-electron chi connectivity index (χ0n) is 10.6. The number of carbonyl (C=O) groups excluding carboxylic acids is 1. The van der Waals surface area contributed by atoms with Crippen LogP contribution in [0, 0.1) is 6.92 Å². The number of carbonyl (C=O) groups is 2. The quantitative estimate of drug-likeness (QED) is 0.898. The first-order valence-corrected chi connectivity index (χ1v) is 6.41. The Balaban J connectivity index is 2.95. The van der Waals surface area contributed by atoms with Crippen LogP contribution in [0.2, 0.25) is 0 Å². The molecule has 98 valence electrons. The van der Waals surface area contributed by atoms with E-state index in [2.05, 4.69) is 21.2 Å². The largest absolute Gasteiger partial charge is 0.480 e. The molecule has 18 heavy (non-hydrogen) atoms. The van der Waals surface area contributed by atoms with Crippen LogP contribution in [0.3, 0.4) is 0 Å². The van der Waals surface area contributed by atoms with E-state index >= 15 is 0 Å². The predicted octanol–water partition coefficient (Wildman–Crippen LogP) is 2.74. The molecule has 1 aromatic carbocycles. The van der Waals surface area contributed by atoms with Gasteiger partial charge in [-0.15, -0.1) is 0 Å². The third kappa shape index (κ3) is 3.10. The normalized spacial score (nSPS) is 13.8. The van der Waals surface area contributed by atoms with Gasteiger partial charge in [-0.1, -0.05) is 28.9 Å². The van der Waals surface area contributed by atoms with Crippen molar-refractivity contribution in [2.75, 3.05) is 0 Å². The Kier molecular flexibility index (Phi) is 4.51. The first-order valence-electron chi connectivity index (χ1n) is 5.62. The summed E-state index contributed by atoms with van der Waals surface area (Å²) in [6.07, 6.45) is 0.321. The summed E-state index contributed by atoms with van der Waals surface area (Å²) < 4.78 is 0.823. The number of rotatable bonds is 4. The summed E-state index contributed by atoms with van der Waals surface area (Å²) in [6, 6.07) is 5.17. The topological polar surface area (TPSA) is 66.4 Å². The van der Waals surface area contributed by atoms with Crippen LogP contribution in [-0.4, -0.2) is 22.5 Å². The lowest BCUT2D eigenvalue weighted by molar-refractivity contribution is -0.143. The number of aryl methyl sites for hydroxylation is 1. The summed E-state index contributed by atoms with van der Waals surface area (Å²) in [5.74, 6) is -1.42. The summed E-state index contributed by atoms with van der Waals surface area (Å²) >= 11 is 3.34. The van der Waals surface area contributed by atoms with E-state index in [0.29, 0.717) is 12.0 Å². The minimum Gasteiger partial charge on any atom is -0.480 e. The van der Waals surface area contributed by atoms with Crippen molar-refractivity contribution >= 4 is 27.8 Å². The van der Waals surface area contributed by atoms with Crippen LogP contribution >= 0.6 is 15.9 Å². The van der Waals surface area contributed by atoms with E-state index in [0.717, 1.165) is 10.0 Å². The Morgan fingerprint density at radius 2 is 2.06 bits per heavy atom. The van der Waals surface area contributed by atoms with Crippen LogP contribution in [-0.2, 0) is 4.79 Å². The molecule has 0 aliphatic rings. The van der Waals surface area contributed by atoms with Gasteiger partial charge in [0, 0.05) is 10.0 Å². The number of carboxylic acids is 1. The molecule has 2 N–H and O–H groups in total. The van der Waals surface area contributed by atoms with Gasteiger partial charge in [0.2, 0.25) is 0 Å². The van der Waals surface area contributed by atoms with Gasteiger partial charge in [-0.3, -0.25) is 4.79 Å². The molecule has 0 aliphatic carbocycles. The van der Waals surface area contributed by atoms with Crippen molar-refractivity contribution in [3.8, 4) is 0 Å². The maximum Gasteiger partial charge on any atom is 0.329 e. The maximum absolute atomic E-state index is 12.0. The fraction of sp³-hybridized carbons (Fsp3) is 0.385. The van der Waals surface area contributed by atoms with Crippen molar-refractivity contribution in [3.63, 3.8) is 0 Å². The lowest BCUT2D eigenvalue weighted by Gasteiger charge is -2.24. The molecule has 1 unspecified atom stereocenters. The number of nitrogens with one attached hydrogen (secondary N) is 1. The molecule has 4 nitrogen and oxygen atoms in total. The summed E-state index contributed by atoms with van der Waals surface area (Å²) in [5, 5.41) is 11.6. The van der Waals surface area contributed by atoms with Crippen molar-refractivity contribution in [1.82, 2.24) is 5.32 Å². The zero-order chi connectivity index (χ0) is 13.9. The highest BCUT2D eigenvalue weighted by Gasteiger charge is 2.33. The molecule has 0 heterocycles. The van der Waals surface area contributed by atoms with Crippen molar-refractivity contribution < 1.29 is 14.7 Å². The molecular formula is C13H16BrNO3. The summed E-state index contributed by atoms with van der Waals surface area (Å²) in [5.41, 5.74) is 0.213. The van der Waals surface area contributed by atoms with E-state index in [-0.39, 0.29) is 5.91 Å². The molecule has 5 heteroatoms. The highest BCUT2D eigenvalue weighted by Crippen LogP contribution is 2.18. The van der Waals surface area contributed by atoms with E-state index < -0.39 is 11.5 Å². The number of carboxylic acid groups (broad SMARTS) is 1. The average molecular weight is 314 g/mol. The lowest BCUT2D eigenvalue weighted by atomic mass is 9.98. The molecule has 1 amide bonds. The van der Waals surface area contributed by atoms with Gasteiger partial charge in [0.25, 0.3) is 5.91 Å². The zero-order valence-corrected chi connectivity index (χ0v) is 12.2. The minimum absolute atomic E-state index is 0.321. The number of aliphatic carboxylic acids is 1. The van der Waals surface area contributed by atoms with Gasteiger partial charge in [0.15, 0.2) is 0 Å². The van der Waals surface area contributed by atoms with Crippen molar-refractivity contribution in [3.05, 3.63) is 33.8 Å². The van der Waals surface area contributed by atoms with Gasteiger partial charge in [0.05, 0.1) is 0 Å². The van der Waals surface area contributed by atoms with Crippen LogP contribution < -0.4 is 5.32 Å². The molecule has 0 radical (unpaired) electrons. The van der Waals surface area contributed by atoms with Gasteiger partial charge in [-0.2, -0.15) is 0 Å². The second-order valence-electron chi connectivity index (χ2n) is 4.41. The maximum atomic E-state index is 12.0. The summed E-state index contributed by atoms with van der Waals surface area (Å²) in [7, 11) is 0. The lowest BCUT2D eigenvalue weighted by Crippen LogP contribution is -2.51. The monoisotopic (exact) mass is 313 g/mol. The van der Waals surface area contributed by atoms with Gasteiger partial charge < -0.3 is 10.4 Å². The van der Waals surface area contributed by atoms with Crippen molar-refractivity contribution in [1.29, 1.82) is 0 Å². The van der Waals surface area contributed by atoms with Gasteiger partial charge >= 0.3 is 5.97 Å². The van der Waals surface area contributed by atoms with Crippen LogP contribution in [0.15, 0.2) is 22.7 Å². The van der Waals surface area contributed by atoms with Crippen molar-refractivity contribution in [2.24, 2.45) is 0 Å². The van der Waals surface area contributed by atoms with Crippen LogP contribution in [0.25, 0.3) is 0 Å². The van der Waals surface area contributed by atoms with E-state index in [1.807, 2.05) is 13.0 Å². The van der Waals surface area contributed by atoms with Gasteiger partial charge in [0.1, 0.15) is 5.54 Å². The van der Waals surface area contributed by atoms with Gasteiger partial charge in [-0.05, 0) is 38.0 Å². The highest BCUT2D eigenvalue weighted by molar-refractivity contribution is 9.10. The molecule has 0 fully saturated rings. The smallest absolute Gasteiger partial charge is 0.329 e. The summed E-state index contributed by atoms with van der Waals surface area (Å²) in [6.45, 7) is 5.13. The molecule has 0 bridgehead atoms. The standard InChI is InChI=1S/C13H16BrNO3/c1-4-13(3,12(17)18)15-11(16)9-6-5-8(2)10(14)7-9/h5-7H,4H2,1-3H3,(H,15,16)(H,17,18). The Morgan fingerprint density at radius 3 is 2.50 bits per heavy atom. The predicted molar refractivity (Wildman–Crippen MR) is 72.7 cm³/mol. The fourth-order valence-corrected chi connectivity index (χ4v) is 1.73. The van der Waals surface area contributed by atoms with Crippen molar-refractivity contribution in [2.45, 2.75) is 32.7 Å². The Labute approximate surface area is 115 Å². The summed E-state index contributed by atoms with van der Waals surface area (Å²) in [4.78, 5) is 23.1. The second kappa shape index (κ2) is 5.52. The first kappa shape index (κ1) is 14.7. The molecule has 0 saturated heterocycles. The molecular weight excluding hydrogens is 298 g/mol. The highest BCUT2D eigenvalue weighted by atomic mass is 79.9. The number of hydrogen-bond donors (Lipinski definition) is 2. The molecule has 1 rings (SSSR count). The second-order valence-corrected chi connectivity index (χ2v) is 5.26. The number of benzene rings is 1. The van der Waals surface area contributed by atoms with Crippen LogP contribution in [0.4, 0.5) is 0 Å². The van der Waals surface area contributed by atoms with E-state index in [9.17, 15) is 9.59 Å². The average Bonchev–Trinajstić information content (AvgIpc) is 2.32.